The van der Waals surface area contributed by atoms with E-state index in [1.165, 1.54) is 12.1 Å². The average Bonchev–Trinajstić information content (AvgIpc) is 3.65. The number of para-hydroxylation sites is 2. The van der Waals surface area contributed by atoms with Crippen molar-refractivity contribution in [2.45, 2.75) is 13.1 Å². The van der Waals surface area contributed by atoms with Gasteiger partial charge in [-0.3, -0.25) is 0 Å². The lowest BCUT2D eigenvalue weighted by molar-refractivity contribution is 0.445. The van der Waals surface area contributed by atoms with E-state index in [4.69, 9.17) is 0 Å². The zero-order chi connectivity index (χ0) is 37.2. The summed E-state index contributed by atoms with van der Waals surface area (Å²) < 4.78 is 103. The predicted octanol–water partition coefficient (Wildman–Crippen LogP) is 12.4. The first-order valence-corrected chi connectivity index (χ1v) is 17.0. The number of hydrogen-bond acceptors (Lipinski definition) is 1. The van der Waals surface area contributed by atoms with Gasteiger partial charge in [-0.15, -0.1) is 0 Å². The van der Waals surface area contributed by atoms with E-state index in [0.29, 0.717) is 5.69 Å². The third-order valence-electron chi connectivity index (χ3n) is 9.88. The fourth-order valence-corrected chi connectivity index (χ4v) is 7.50. The highest BCUT2D eigenvalue weighted by atomic mass is 19.2. The molecule has 0 unspecified atom stereocenters. The number of anilines is 3. The summed E-state index contributed by atoms with van der Waals surface area (Å²) in [5.74, 6) is -8.50. The Bertz CT molecular complexity index is 2710. The van der Waals surface area contributed by atoms with E-state index in [2.05, 4.69) is 0 Å². The number of hydrogen-bond donors (Lipinski definition) is 0. The molecule has 9 aromatic rings. The van der Waals surface area contributed by atoms with Crippen LogP contribution in [-0.2, 0) is 13.1 Å². The summed E-state index contributed by atoms with van der Waals surface area (Å²) in [6.07, 6.45) is 0. The minimum Gasteiger partial charge on any atom is -0.336 e. The molecule has 3 nitrogen and oxygen atoms in total. The van der Waals surface area contributed by atoms with Crippen molar-refractivity contribution in [2.24, 2.45) is 0 Å². The normalized spacial score (nSPS) is 11.8. The molecule has 0 aliphatic rings. The van der Waals surface area contributed by atoms with Gasteiger partial charge in [-0.25, -0.2) is 30.7 Å². The second-order valence-corrected chi connectivity index (χ2v) is 13.2. The molecule has 7 aromatic carbocycles. The van der Waals surface area contributed by atoms with E-state index in [-0.39, 0.29) is 24.2 Å². The lowest BCUT2D eigenvalue weighted by Crippen LogP contribution is -2.10. The third-order valence-corrected chi connectivity index (χ3v) is 9.88. The third kappa shape index (κ3) is 5.53. The first-order chi connectivity index (χ1) is 26.1. The molecule has 0 N–H and O–H groups in total. The number of benzene rings is 7. The molecule has 0 aliphatic heterocycles. The second kappa shape index (κ2) is 12.8. The molecule has 0 spiro atoms. The summed E-state index contributed by atoms with van der Waals surface area (Å²) in [6, 6.07) is 36.9. The molecule has 2 aromatic heterocycles. The lowest BCUT2D eigenvalue weighted by Gasteiger charge is -2.26. The van der Waals surface area contributed by atoms with E-state index >= 15 is 0 Å². The molecular weight excluding hydrogens is 703 g/mol. The van der Waals surface area contributed by atoms with Crippen LogP contribution in [-0.4, -0.2) is 9.13 Å². The Labute approximate surface area is 303 Å². The number of fused-ring (bicyclic) bond motifs is 6. The van der Waals surface area contributed by atoms with Gasteiger partial charge < -0.3 is 14.0 Å². The van der Waals surface area contributed by atoms with Gasteiger partial charge in [0.05, 0.1) is 0 Å². The van der Waals surface area contributed by atoms with Crippen LogP contribution in [0.1, 0.15) is 11.1 Å². The first-order valence-electron chi connectivity index (χ1n) is 17.0. The van der Waals surface area contributed by atoms with Crippen molar-refractivity contribution in [3.05, 3.63) is 185 Å². The summed E-state index contributed by atoms with van der Waals surface area (Å²) in [5, 5.41) is 3.44. The van der Waals surface area contributed by atoms with Gasteiger partial charge in [-0.1, -0.05) is 36.4 Å². The molecular formula is C44H26F7N3. The molecule has 2 heterocycles. The van der Waals surface area contributed by atoms with Crippen molar-refractivity contribution in [3.63, 3.8) is 0 Å². The molecule has 0 fully saturated rings. The Morgan fingerprint density at radius 1 is 0.370 bits per heavy atom. The van der Waals surface area contributed by atoms with Crippen LogP contribution in [0, 0.1) is 40.7 Å². The smallest absolute Gasteiger partial charge is 0.194 e. The number of rotatable bonds is 7. The zero-order valence-corrected chi connectivity index (χ0v) is 28.1. The molecule has 0 bridgehead atoms. The maximum absolute atomic E-state index is 14.3. The van der Waals surface area contributed by atoms with Crippen molar-refractivity contribution in [1.29, 1.82) is 0 Å². The highest BCUT2D eigenvalue weighted by Gasteiger charge is 2.21. The minimum absolute atomic E-state index is 0.0804. The predicted molar refractivity (Wildman–Crippen MR) is 198 cm³/mol. The van der Waals surface area contributed by atoms with Crippen molar-refractivity contribution >= 4 is 60.7 Å². The summed E-state index contributed by atoms with van der Waals surface area (Å²) in [6.45, 7) is 0.161. The summed E-state index contributed by atoms with van der Waals surface area (Å²) >= 11 is 0. The highest BCUT2D eigenvalue weighted by Crippen LogP contribution is 2.41. The highest BCUT2D eigenvalue weighted by molar-refractivity contribution is 6.11. The Balaban J connectivity index is 1.21. The van der Waals surface area contributed by atoms with Gasteiger partial charge in [0.25, 0.3) is 0 Å². The minimum atomic E-state index is -1.52. The van der Waals surface area contributed by atoms with Crippen LogP contribution in [0.3, 0.4) is 0 Å². The van der Waals surface area contributed by atoms with Crippen molar-refractivity contribution in [3.8, 4) is 0 Å². The van der Waals surface area contributed by atoms with E-state index in [9.17, 15) is 30.7 Å². The first kappa shape index (κ1) is 33.3. The molecule has 0 atom stereocenters. The SMILES string of the molecule is Fc1ccc(N(c2ccc3c(c2)c2ccccc2n3Cc2cc(F)c(F)c(F)c2)c2ccc3c(c2)c2ccccc2n3Cc2cc(F)c(F)c(F)c2)cc1. The standard InChI is InChI=1S/C44H26F7N3/c45-27-9-11-28(12-10-27)54(29-13-15-41-33(21-29)31-5-1-3-7-39(31)52(41)23-25-17-35(46)43(50)36(47)18-25)30-14-16-42-34(22-30)32-6-2-4-8-40(32)53(42)24-26-19-37(48)44(51)38(49)20-26/h1-22H,23-24H2. The number of halogens is 7. The Morgan fingerprint density at radius 2 is 0.741 bits per heavy atom. The summed E-state index contributed by atoms with van der Waals surface area (Å²) in [5.41, 5.74) is 5.80. The van der Waals surface area contributed by atoms with E-state index in [0.717, 1.165) is 79.3 Å². The number of nitrogens with zero attached hydrogens (tertiary/aromatic N) is 3. The monoisotopic (exact) mass is 729 g/mol. The van der Waals surface area contributed by atoms with Crippen LogP contribution < -0.4 is 4.90 Å². The van der Waals surface area contributed by atoms with Gasteiger partial charge in [0, 0.05) is 73.8 Å². The van der Waals surface area contributed by atoms with E-state index in [1.54, 1.807) is 12.1 Å². The van der Waals surface area contributed by atoms with Crippen LogP contribution in [0.4, 0.5) is 47.8 Å². The molecule has 0 saturated heterocycles. The van der Waals surface area contributed by atoms with E-state index in [1.807, 2.05) is 99.0 Å². The van der Waals surface area contributed by atoms with Crippen LogP contribution in [0.2, 0.25) is 0 Å². The van der Waals surface area contributed by atoms with Gasteiger partial charge in [-0.2, -0.15) is 0 Å². The van der Waals surface area contributed by atoms with Crippen molar-refractivity contribution < 1.29 is 30.7 Å². The molecule has 0 aliphatic carbocycles. The molecule has 0 amide bonds. The van der Waals surface area contributed by atoms with E-state index < -0.39 is 40.7 Å². The molecule has 266 valence electrons. The summed E-state index contributed by atoms with van der Waals surface area (Å²) in [7, 11) is 0. The zero-order valence-electron chi connectivity index (χ0n) is 28.1. The van der Waals surface area contributed by atoms with Crippen molar-refractivity contribution in [1.82, 2.24) is 9.13 Å². The Hall–Kier alpha value is -6.55. The molecule has 10 heteroatoms. The van der Waals surface area contributed by atoms with Gasteiger partial charge in [0.15, 0.2) is 34.9 Å². The fraction of sp³-hybridized carbons (Fsp3) is 0.0455. The van der Waals surface area contributed by atoms with Gasteiger partial charge in [0.2, 0.25) is 0 Å². The maximum Gasteiger partial charge on any atom is 0.194 e. The van der Waals surface area contributed by atoms with Crippen molar-refractivity contribution in [2.75, 3.05) is 4.90 Å². The van der Waals surface area contributed by atoms with Crippen LogP contribution in [0.15, 0.2) is 133 Å². The maximum atomic E-state index is 14.3. The number of aromatic nitrogens is 2. The molecule has 9 rings (SSSR count). The van der Waals surface area contributed by atoms with Gasteiger partial charge >= 0.3 is 0 Å². The quantitative estimate of drug-likeness (QED) is 0.118. The van der Waals surface area contributed by atoms with Gasteiger partial charge in [0.1, 0.15) is 5.82 Å². The van der Waals surface area contributed by atoms with Crippen LogP contribution in [0.5, 0.6) is 0 Å². The largest absolute Gasteiger partial charge is 0.336 e. The Kier molecular flexibility index (Phi) is 7.92. The van der Waals surface area contributed by atoms with Crippen LogP contribution in [0.25, 0.3) is 43.6 Å². The molecule has 0 radical (unpaired) electrons. The lowest BCUT2D eigenvalue weighted by atomic mass is 10.1. The topological polar surface area (TPSA) is 13.1 Å². The van der Waals surface area contributed by atoms with Gasteiger partial charge in [-0.05, 0) is 108 Å². The fourth-order valence-electron chi connectivity index (χ4n) is 7.50. The average molecular weight is 730 g/mol. The van der Waals surface area contributed by atoms with Crippen LogP contribution >= 0.6 is 0 Å². The summed E-state index contributed by atoms with van der Waals surface area (Å²) in [4.78, 5) is 1.98. The molecule has 0 saturated carbocycles. The Morgan fingerprint density at radius 3 is 1.17 bits per heavy atom. The molecule has 54 heavy (non-hydrogen) atoms. The second-order valence-electron chi connectivity index (χ2n) is 13.2.